The number of fused-ring (bicyclic) bond motifs is 3. The van der Waals surface area contributed by atoms with E-state index in [-0.39, 0.29) is 25.5 Å². The molecule has 3 rings (SSSR count). The van der Waals surface area contributed by atoms with Gasteiger partial charge in [0, 0.05) is 12.5 Å². The van der Waals surface area contributed by atoms with E-state index in [0.717, 1.165) is 22.3 Å². The number of nitrogens with one attached hydrogen (secondary N) is 2. The lowest BCUT2D eigenvalue weighted by Crippen LogP contribution is -2.37. The zero-order chi connectivity index (χ0) is 20.8. The fourth-order valence-electron chi connectivity index (χ4n) is 3.38. The Labute approximate surface area is 167 Å². The number of benzene rings is 2. The highest BCUT2D eigenvalue weighted by Crippen LogP contribution is 2.44. The summed E-state index contributed by atoms with van der Waals surface area (Å²) in [4.78, 5) is 33.9. The van der Waals surface area contributed by atoms with Crippen LogP contribution in [0.2, 0.25) is 0 Å². The van der Waals surface area contributed by atoms with Crippen molar-refractivity contribution in [3.05, 3.63) is 59.7 Å². The Morgan fingerprint density at radius 2 is 1.55 bits per heavy atom. The van der Waals surface area contributed by atoms with Gasteiger partial charge in [0.1, 0.15) is 13.2 Å². The average Bonchev–Trinajstić information content (AvgIpc) is 3.03. The summed E-state index contributed by atoms with van der Waals surface area (Å²) in [6.45, 7) is -0.558. The molecule has 1 atom stereocenters. The summed E-state index contributed by atoms with van der Waals surface area (Å²) < 4.78 is 5.33. The van der Waals surface area contributed by atoms with Crippen LogP contribution in [0.4, 0.5) is 4.79 Å². The first-order chi connectivity index (χ1) is 14.0. The summed E-state index contributed by atoms with van der Waals surface area (Å²) in [7, 11) is 0. The number of rotatable bonds is 8. The lowest BCUT2D eigenvalue weighted by Gasteiger charge is -2.15. The molecule has 1 unspecified atom stereocenters. The molecule has 29 heavy (non-hydrogen) atoms. The van der Waals surface area contributed by atoms with Crippen molar-refractivity contribution in [2.75, 3.05) is 19.7 Å². The molecule has 0 fully saturated rings. The van der Waals surface area contributed by atoms with E-state index in [4.69, 9.17) is 9.84 Å². The third-order valence-corrected chi connectivity index (χ3v) is 4.68. The van der Waals surface area contributed by atoms with E-state index in [1.165, 1.54) is 0 Å². The van der Waals surface area contributed by atoms with Gasteiger partial charge in [0.2, 0.25) is 5.91 Å². The molecule has 4 N–H and O–H groups in total. The minimum atomic E-state index is -1.18. The van der Waals surface area contributed by atoms with E-state index in [2.05, 4.69) is 10.6 Å². The average molecular weight is 398 g/mol. The second kappa shape index (κ2) is 9.20. The number of ether oxygens (including phenoxy) is 1. The highest BCUT2D eigenvalue weighted by molar-refractivity contribution is 5.81. The molecule has 152 valence electrons. The number of hydrogen-bond acceptors (Lipinski definition) is 5. The summed E-state index contributed by atoms with van der Waals surface area (Å²) in [5.74, 6) is -1.86. The first kappa shape index (κ1) is 20.3. The maximum Gasteiger partial charge on any atom is 0.407 e. The van der Waals surface area contributed by atoms with Gasteiger partial charge in [-0.3, -0.25) is 9.59 Å². The number of aliphatic hydroxyl groups excluding tert-OH is 1. The largest absolute Gasteiger partial charge is 0.480 e. The van der Waals surface area contributed by atoms with E-state index in [9.17, 15) is 19.5 Å². The molecular formula is C21H22N2O6. The number of carbonyl (C=O) groups excluding carboxylic acids is 2. The molecule has 8 nitrogen and oxygen atoms in total. The Balaban J connectivity index is 1.49. The molecule has 0 saturated carbocycles. The summed E-state index contributed by atoms with van der Waals surface area (Å²) in [5, 5.41) is 22.8. The number of carboxylic acids is 1. The zero-order valence-electron chi connectivity index (χ0n) is 15.6. The van der Waals surface area contributed by atoms with Crippen LogP contribution in [-0.2, 0) is 14.3 Å². The molecule has 0 aromatic heterocycles. The van der Waals surface area contributed by atoms with Crippen LogP contribution in [0.1, 0.15) is 23.5 Å². The predicted octanol–water partition coefficient (Wildman–Crippen LogP) is 1.48. The monoisotopic (exact) mass is 398 g/mol. The van der Waals surface area contributed by atoms with Crippen LogP contribution < -0.4 is 10.6 Å². The first-order valence-corrected chi connectivity index (χ1v) is 9.21. The first-order valence-electron chi connectivity index (χ1n) is 9.21. The van der Waals surface area contributed by atoms with Gasteiger partial charge in [-0.1, -0.05) is 48.5 Å². The van der Waals surface area contributed by atoms with Gasteiger partial charge in [-0.05, 0) is 22.3 Å². The van der Waals surface area contributed by atoms with Gasteiger partial charge in [-0.25, -0.2) is 4.79 Å². The van der Waals surface area contributed by atoms with Crippen LogP contribution in [0.15, 0.2) is 48.5 Å². The second-order valence-electron chi connectivity index (χ2n) is 6.73. The number of hydrogen-bond donors (Lipinski definition) is 4. The molecule has 0 spiro atoms. The molecular weight excluding hydrogens is 376 g/mol. The van der Waals surface area contributed by atoms with Crippen LogP contribution in [0.3, 0.4) is 0 Å². The van der Waals surface area contributed by atoms with Crippen molar-refractivity contribution in [1.29, 1.82) is 0 Å². The van der Waals surface area contributed by atoms with Crippen molar-refractivity contribution in [3.63, 3.8) is 0 Å². The number of amides is 2. The van der Waals surface area contributed by atoms with Gasteiger partial charge >= 0.3 is 12.1 Å². The molecule has 2 aromatic rings. The standard InChI is InChI=1S/C21H22N2O6/c24-13(9-19(25)22-11-20(26)27)10-23-21(28)29-12-18-16-7-3-1-5-14(16)15-6-2-4-8-17(15)18/h1-8,13,18,24H,9-12H2,(H,22,25)(H,23,28)(H,26,27). The Morgan fingerprint density at radius 3 is 2.14 bits per heavy atom. The minimum Gasteiger partial charge on any atom is -0.480 e. The Bertz CT molecular complexity index is 868. The van der Waals surface area contributed by atoms with Crippen LogP contribution in [0, 0.1) is 0 Å². The minimum absolute atomic E-state index is 0.0696. The molecule has 0 saturated heterocycles. The number of aliphatic carboxylic acids is 1. The molecule has 1 aliphatic carbocycles. The quantitative estimate of drug-likeness (QED) is 0.534. The molecule has 0 bridgehead atoms. The topological polar surface area (TPSA) is 125 Å². The van der Waals surface area contributed by atoms with Gasteiger partial charge in [0.05, 0.1) is 12.5 Å². The molecule has 8 heteroatoms. The third kappa shape index (κ3) is 5.11. The highest BCUT2D eigenvalue weighted by atomic mass is 16.5. The lowest BCUT2D eigenvalue weighted by molar-refractivity contribution is -0.138. The van der Waals surface area contributed by atoms with Crippen LogP contribution in [0.25, 0.3) is 11.1 Å². The van der Waals surface area contributed by atoms with E-state index in [0.29, 0.717) is 0 Å². The van der Waals surface area contributed by atoms with Gasteiger partial charge in [-0.2, -0.15) is 0 Å². The highest BCUT2D eigenvalue weighted by Gasteiger charge is 2.29. The Kier molecular flexibility index (Phi) is 6.46. The third-order valence-electron chi connectivity index (χ3n) is 4.68. The number of alkyl carbamates (subject to hydrolysis) is 1. The maximum absolute atomic E-state index is 12.0. The Hall–Kier alpha value is -3.39. The number of carboxylic acid groups (broad SMARTS) is 1. The van der Waals surface area contributed by atoms with Crippen LogP contribution in [0.5, 0.6) is 0 Å². The van der Waals surface area contributed by atoms with Crippen molar-refractivity contribution in [2.24, 2.45) is 0 Å². The summed E-state index contributed by atoms with van der Waals surface area (Å²) >= 11 is 0. The van der Waals surface area contributed by atoms with Crippen molar-refractivity contribution >= 4 is 18.0 Å². The van der Waals surface area contributed by atoms with E-state index in [1.807, 2.05) is 48.5 Å². The predicted molar refractivity (Wildman–Crippen MR) is 104 cm³/mol. The van der Waals surface area contributed by atoms with Crippen LogP contribution in [-0.4, -0.2) is 54.0 Å². The molecule has 0 heterocycles. The van der Waals surface area contributed by atoms with Gasteiger partial charge < -0.3 is 25.6 Å². The fraction of sp³-hybridized carbons (Fsp3) is 0.286. The maximum atomic E-state index is 12.0. The van der Waals surface area contributed by atoms with E-state index < -0.39 is 30.6 Å². The SMILES string of the molecule is O=C(O)CNC(=O)CC(O)CNC(=O)OCC1c2ccccc2-c2ccccc21. The normalized spacial score (nSPS) is 13.1. The fourth-order valence-corrected chi connectivity index (χ4v) is 3.38. The Morgan fingerprint density at radius 1 is 0.966 bits per heavy atom. The number of carbonyl (C=O) groups is 3. The molecule has 0 radical (unpaired) electrons. The summed E-state index contributed by atoms with van der Waals surface area (Å²) in [6.07, 6.45) is -2.17. The van der Waals surface area contributed by atoms with Crippen LogP contribution >= 0.6 is 0 Å². The second-order valence-corrected chi connectivity index (χ2v) is 6.73. The smallest absolute Gasteiger partial charge is 0.407 e. The van der Waals surface area contributed by atoms with Crippen molar-refractivity contribution in [1.82, 2.24) is 10.6 Å². The van der Waals surface area contributed by atoms with E-state index >= 15 is 0 Å². The molecule has 1 aliphatic rings. The number of aliphatic hydroxyl groups is 1. The van der Waals surface area contributed by atoms with Crippen molar-refractivity contribution in [2.45, 2.75) is 18.4 Å². The molecule has 2 amide bonds. The van der Waals surface area contributed by atoms with E-state index in [1.54, 1.807) is 0 Å². The summed E-state index contributed by atoms with van der Waals surface area (Å²) in [6, 6.07) is 16.0. The summed E-state index contributed by atoms with van der Waals surface area (Å²) in [5.41, 5.74) is 4.44. The van der Waals surface area contributed by atoms with Crippen molar-refractivity contribution in [3.8, 4) is 11.1 Å². The van der Waals surface area contributed by atoms with Gasteiger partial charge in [0.15, 0.2) is 0 Å². The lowest BCUT2D eigenvalue weighted by atomic mass is 9.98. The van der Waals surface area contributed by atoms with Gasteiger partial charge in [-0.15, -0.1) is 0 Å². The van der Waals surface area contributed by atoms with Gasteiger partial charge in [0.25, 0.3) is 0 Å². The molecule has 0 aliphatic heterocycles. The zero-order valence-corrected chi connectivity index (χ0v) is 15.6. The molecule has 2 aromatic carbocycles. The van der Waals surface area contributed by atoms with Crippen molar-refractivity contribution < 1.29 is 29.3 Å².